The number of aryl methyl sites for hydroxylation is 1. The van der Waals surface area contributed by atoms with E-state index in [1.165, 1.54) is 43.1 Å². The molecule has 0 unspecified atom stereocenters. The van der Waals surface area contributed by atoms with Crippen LogP contribution in [0.2, 0.25) is 0 Å². The SMILES string of the molecule is COc1ccc(-c2ccc(C(=O)Nc3ccc(CSc4n[nH]c(C)n4)cc3)o2)c([N+](=O)[O-])c1. The maximum absolute atomic E-state index is 12.6. The first-order valence-electron chi connectivity index (χ1n) is 9.77. The number of anilines is 1. The predicted octanol–water partition coefficient (Wildman–Crippen LogP) is 4.83. The second-order valence-electron chi connectivity index (χ2n) is 6.95. The number of aromatic nitrogens is 3. The van der Waals surface area contributed by atoms with Crippen LogP contribution in [0, 0.1) is 17.0 Å². The van der Waals surface area contributed by atoms with Gasteiger partial charge in [0.15, 0.2) is 5.76 Å². The van der Waals surface area contributed by atoms with Gasteiger partial charge in [-0.25, -0.2) is 4.98 Å². The van der Waals surface area contributed by atoms with Gasteiger partial charge in [0.2, 0.25) is 5.16 Å². The minimum atomic E-state index is -0.525. The summed E-state index contributed by atoms with van der Waals surface area (Å²) in [6.45, 7) is 1.84. The summed E-state index contributed by atoms with van der Waals surface area (Å²) in [6, 6.07) is 14.8. The monoisotopic (exact) mass is 465 g/mol. The van der Waals surface area contributed by atoms with E-state index in [0.29, 0.717) is 22.3 Å². The molecule has 168 valence electrons. The second kappa shape index (κ2) is 9.57. The fourth-order valence-corrected chi connectivity index (χ4v) is 3.81. The Hall–Kier alpha value is -4.12. The zero-order valence-corrected chi connectivity index (χ0v) is 18.5. The van der Waals surface area contributed by atoms with Gasteiger partial charge < -0.3 is 14.5 Å². The molecule has 0 aliphatic heterocycles. The normalized spacial score (nSPS) is 10.7. The van der Waals surface area contributed by atoms with E-state index in [4.69, 9.17) is 9.15 Å². The molecule has 0 saturated carbocycles. The molecule has 10 nitrogen and oxygen atoms in total. The molecule has 0 aliphatic rings. The van der Waals surface area contributed by atoms with Crippen molar-refractivity contribution in [3.8, 4) is 17.1 Å². The number of furan rings is 1. The van der Waals surface area contributed by atoms with Crippen molar-refractivity contribution in [3.05, 3.63) is 81.9 Å². The number of hydrogen-bond acceptors (Lipinski definition) is 8. The van der Waals surface area contributed by atoms with Crippen LogP contribution in [-0.2, 0) is 5.75 Å². The summed E-state index contributed by atoms with van der Waals surface area (Å²) >= 11 is 1.51. The van der Waals surface area contributed by atoms with Gasteiger partial charge in [0, 0.05) is 11.4 Å². The maximum Gasteiger partial charge on any atom is 0.291 e. The third kappa shape index (κ3) is 5.21. The Morgan fingerprint density at radius 1 is 1.21 bits per heavy atom. The van der Waals surface area contributed by atoms with Crippen LogP contribution in [0.3, 0.4) is 0 Å². The highest BCUT2D eigenvalue weighted by molar-refractivity contribution is 7.98. The number of methoxy groups -OCH3 is 1. The van der Waals surface area contributed by atoms with Crippen molar-refractivity contribution in [2.45, 2.75) is 17.8 Å². The number of nitro groups is 1. The molecule has 0 bridgehead atoms. The van der Waals surface area contributed by atoms with Crippen LogP contribution < -0.4 is 10.1 Å². The van der Waals surface area contributed by atoms with Gasteiger partial charge in [-0.1, -0.05) is 23.9 Å². The lowest BCUT2D eigenvalue weighted by Gasteiger charge is -2.05. The van der Waals surface area contributed by atoms with E-state index < -0.39 is 10.8 Å². The Kier molecular flexibility index (Phi) is 6.41. The lowest BCUT2D eigenvalue weighted by molar-refractivity contribution is -0.384. The van der Waals surface area contributed by atoms with Crippen LogP contribution in [0.4, 0.5) is 11.4 Å². The molecular formula is C22H19N5O5S. The van der Waals surface area contributed by atoms with Gasteiger partial charge >= 0.3 is 0 Å². The number of nitro benzene ring substituents is 1. The summed E-state index contributed by atoms with van der Waals surface area (Å²) in [7, 11) is 1.43. The van der Waals surface area contributed by atoms with E-state index in [1.807, 2.05) is 19.1 Å². The lowest BCUT2D eigenvalue weighted by atomic mass is 10.1. The van der Waals surface area contributed by atoms with Crippen molar-refractivity contribution in [1.29, 1.82) is 0 Å². The van der Waals surface area contributed by atoms with Crippen LogP contribution in [0.25, 0.3) is 11.3 Å². The molecule has 0 saturated heterocycles. The van der Waals surface area contributed by atoms with Gasteiger partial charge in [-0.15, -0.1) is 5.10 Å². The van der Waals surface area contributed by atoms with E-state index in [9.17, 15) is 14.9 Å². The molecule has 33 heavy (non-hydrogen) atoms. The minimum absolute atomic E-state index is 0.0368. The fourth-order valence-electron chi connectivity index (χ4n) is 3.01. The van der Waals surface area contributed by atoms with Crippen molar-refractivity contribution >= 4 is 29.0 Å². The van der Waals surface area contributed by atoms with Crippen molar-refractivity contribution < 1.29 is 18.9 Å². The quantitative estimate of drug-likeness (QED) is 0.214. The fraction of sp³-hybridized carbons (Fsp3) is 0.136. The van der Waals surface area contributed by atoms with Crippen molar-refractivity contribution in [2.75, 3.05) is 12.4 Å². The second-order valence-corrected chi connectivity index (χ2v) is 7.89. The van der Waals surface area contributed by atoms with Crippen LogP contribution in [0.1, 0.15) is 21.9 Å². The molecule has 1 amide bonds. The molecule has 2 aromatic heterocycles. The first-order chi connectivity index (χ1) is 15.9. The van der Waals surface area contributed by atoms with Gasteiger partial charge in [0.05, 0.1) is 23.7 Å². The molecule has 0 aliphatic carbocycles. The van der Waals surface area contributed by atoms with E-state index in [-0.39, 0.29) is 22.8 Å². The number of ether oxygens (including phenoxy) is 1. The topological polar surface area (TPSA) is 136 Å². The molecule has 0 radical (unpaired) electrons. The standard InChI is InChI=1S/C22H19N5O5S/c1-13-23-22(26-25-13)33-12-14-3-5-15(6-4-14)24-21(28)20-10-9-19(32-20)17-8-7-16(31-2)11-18(17)27(29)30/h3-11H,12H2,1-2H3,(H,24,28)(H,23,25,26). The number of nitrogens with one attached hydrogen (secondary N) is 2. The third-order valence-electron chi connectivity index (χ3n) is 4.65. The Morgan fingerprint density at radius 3 is 2.67 bits per heavy atom. The summed E-state index contributed by atoms with van der Waals surface area (Å²) in [4.78, 5) is 27.7. The number of carbonyl (C=O) groups is 1. The van der Waals surface area contributed by atoms with Crippen LogP contribution >= 0.6 is 11.8 Å². The third-order valence-corrected chi connectivity index (χ3v) is 5.57. The molecule has 2 heterocycles. The number of aromatic amines is 1. The number of benzene rings is 2. The van der Waals surface area contributed by atoms with E-state index in [0.717, 1.165) is 11.4 Å². The average Bonchev–Trinajstić information content (AvgIpc) is 3.47. The Labute approximate surface area is 192 Å². The highest BCUT2D eigenvalue weighted by Crippen LogP contribution is 2.34. The van der Waals surface area contributed by atoms with E-state index in [2.05, 4.69) is 20.5 Å². The molecule has 0 spiro atoms. The van der Waals surface area contributed by atoms with Crippen molar-refractivity contribution in [2.24, 2.45) is 0 Å². The summed E-state index contributed by atoms with van der Waals surface area (Å²) in [6.07, 6.45) is 0. The summed E-state index contributed by atoms with van der Waals surface area (Å²) < 4.78 is 10.6. The first kappa shape index (κ1) is 22.1. The highest BCUT2D eigenvalue weighted by atomic mass is 32.2. The van der Waals surface area contributed by atoms with Crippen LogP contribution in [0.5, 0.6) is 5.75 Å². The van der Waals surface area contributed by atoms with Gasteiger partial charge in [-0.2, -0.15) is 0 Å². The van der Waals surface area contributed by atoms with Gasteiger partial charge in [0.25, 0.3) is 11.6 Å². The first-order valence-corrected chi connectivity index (χ1v) is 10.8. The Bertz CT molecular complexity index is 1300. The summed E-state index contributed by atoms with van der Waals surface area (Å²) in [5, 5.41) is 21.7. The Balaban J connectivity index is 1.42. The smallest absolute Gasteiger partial charge is 0.291 e. The number of hydrogen-bond donors (Lipinski definition) is 2. The molecule has 0 atom stereocenters. The molecule has 2 aromatic carbocycles. The molecule has 2 N–H and O–H groups in total. The number of carbonyl (C=O) groups excluding carboxylic acids is 1. The van der Waals surface area contributed by atoms with Crippen LogP contribution in [-0.4, -0.2) is 33.1 Å². The number of amides is 1. The highest BCUT2D eigenvalue weighted by Gasteiger charge is 2.21. The molecule has 4 aromatic rings. The van der Waals surface area contributed by atoms with E-state index in [1.54, 1.807) is 18.2 Å². The van der Waals surface area contributed by atoms with Crippen molar-refractivity contribution in [1.82, 2.24) is 15.2 Å². The molecule has 0 fully saturated rings. The zero-order valence-electron chi connectivity index (χ0n) is 17.7. The minimum Gasteiger partial charge on any atom is -0.497 e. The van der Waals surface area contributed by atoms with Gasteiger partial charge in [-0.05, 0) is 48.9 Å². The summed E-state index contributed by atoms with van der Waals surface area (Å²) in [5.41, 5.74) is 1.72. The average molecular weight is 465 g/mol. The molecule has 4 rings (SSSR count). The van der Waals surface area contributed by atoms with Crippen molar-refractivity contribution in [3.63, 3.8) is 0 Å². The molecule has 11 heteroatoms. The number of rotatable bonds is 8. The largest absolute Gasteiger partial charge is 0.497 e. The lowest BCUT2D eigenvalue weighted by Crippen LogP contribution is -2.10. The predicted molar refractivity (Wildman–Crippen MR) is 122 cm³/mol. The number of nitrogens with zero attached hydrogens (tertiary/aromatic N) is 3. The van der Waals surface area contributed by atoms with Crippen LogP contribution in [0.15, 0.2) is 64.2 Å². The van der Waals surface area contributed by atoms with Gasteiger partial charge in [0.1, 0.15) is 17.3 Å². The zero-order chi connectivity index (χ0) is 23.4. The maximum atomic E-state index is 12.6. The van der Waals surface area contributed by atoms with Gasteiger partial charge in [-0.3, -0.25) is 20.0 Å². The molecular weight excluding hydrogens is 446 g/mol. The summed E-state index contributed by atoms with van der Waals surface area (Å²) in [5.74, 6) is 1.59. The number of thioether (sulfide) groups is 1. The van der Waals surface area contributed by atoms with E-state index >= 15 is 0 Å². The Morgan fingerprint density at radius 2 is 2.00 bits per heavy atom. The number of H-pyrrole nitrogens is 1.